The van der Waals surface area contributed by atoms with Crippen LogP contribution in [0.1, 0.15) is 33.8 Å². The average molecular weight is 417 g/mol. The second-order valence-corrected chi connectivity index (χ2v) is 7.84. The summed E-state index contributed by atoms with van der Waals surface area (Å²) in [5.74, 6) is -0.643. The molecule has 0 saturated carbocycles. The van der Waals surface area contributed by atoms with Crippen LogP contribution in [0, 0.1) is 0 Å². The van der Waals surface area contributed by atoms with Gasteiger partial charge in [0.25, 0.3) is 5.91 Å². The van der Waals surface area contributed by atoms with Gasteiger partial charge in [0.05, 0.1) is 24.1 Å². The molecule has 2 aliphatic heterocycles. The van der Waals surface area contributed by atoms with Crippen LogP contribution in [0.25, 0.3) is 0 Å². The van der Waals surface area contributed by atoms with Crippen molar-refractivity contribution in [1.29, 1.82) is 0 Å². The molecule has 0 bridgehead atoms. The highest BCUT2D eigenvalue weighted by molar-refractivity contribution is 7.15. The van der Waals surface area contributed by atoms with Gasteiger partial charge < -0.3 is 14.2 Å². The third kappa shape index (κ3) is 4.29. The van der Waals surface area contributed by atoms with E-state index in [4.69, 9.17) is 4.42 Å². The summed E-state index contributed by atoms with van der Waals surface area (Å²) in [7, 11) is 0. The van der Waals surface area contributed by atoms with Crippen LogP contribution in [0.5, 0.6) is 0 Å². The fraction of sp³-hybridized carbons (Fsp3) is 0.389. The van der Waals surface area contributed by atoms with Crippen LogP contribution < -0.4 is 10.6 Å². The number of carbonyl (C=O) groups excluding carboxylic acids is 4. The van der Waals surface area contributed by atoms with Gasteiger partial charge in [-0.05, 0) is 6.07 Å². The number of thiazole rings is 1. The Balaban J connectivity index is 1.32. The minimum Gasteiger partial charge on any atom is -0.472 e. The number of imide groups is 1. The van der Waals surface area contributed by atoms with Gasteiger partial charge >= 0.3 is 6.03 Å². The molecule has 29 heavy (non-hydrogen) atoms. The minimum atomic E-state index is -0.449. The van der Waals surface area contributed by atoms with Crippen molar-refractivity contribution in [3.63, 3.8) is 0 Å². The largest absolute Gasteiger partial charge is 0.472 e. The molecule has 11 heteroatoms. The van der Waals surface area contributed by atoms with Crippen molar-refractivity contribution in [3.05, 3.63) is 34.7 Å². The Morgan fingerprint density at radius 1 is 1.28 bits per heavy atom. The Labute approximate surface area is 169 Å². The Morgan fingerprint density at radius 3 is 2.90 bits per heavy atom. The van der Waals surface area contributed by atoms with Gasteiger partial charge in [-0.2, -0.15) is 0 Å². The maximum Gasteiger partial charge on any atom is 0.324 e. The van der Waals surface area contributed by atoms with Crippen LogP contribution in [-0.4, -0.2) is 58.2 Å². The van der Waals surface area contributed by atoms with Gasteiger partial charge in [-0.25, -0.2) is 9.78 Å². The van der Waals surface area contributed by atoms with Gasteiger partial charge in [-0.15, -0.1) is 0 Å². The number of nitrogens with zero attached hydrogens (tertiary/aromatic N) is 3. The topological polar surface area (TPSA) is 125 Å². The van der Waals surface area contributed by atoms with Crippen LogP contribution in [-0.2, 0) is 22.6 Å². The fourth-order valence-electron chi connectivity index (χ4n) is 3.23. The van der Waals surface area contributed by atoms with Gasteiger partial charge in [0.2, 0.25) is 11.8 Å². The van der Waals surface area contributed by atoms with E-state index in [0.717, 1.165) is 10.6 Å². The molecule has 4 rings (SSSR count). The number of nitrogens with one attached hydrogen (secondary N) is 2. The summed E-state index contributed by atoms with van der Waals surface area (Å²) in [4.78, 5) is 56.2. The highest BCUT2D eigenvalue weighted by atomic mass is 32.1. The predicted molar refractivity (Wildman–Crippen MR) is 102 cm³/mol. The van der Waals surface area contributed by atoms with E-state index < -0.39 is 6.03 Å². The molecule has 0 unspecified atom stereocenters. The molecule has 0 aliphatic carbocycles. The highest BCUT2D eigenvalue weighted by Crippen LogP contribution is 2.29. The van der Waals surface area contributed by atoms with Crippen LogP contribution in [0.15, 0.2) is 23.0 Å². The number of rotatable bonds is 5. The van der Waals surface area contributed by atoms with E-state index in [-0.39, 0.29) is 37.1 Å². The summed E-state index contributed by atoms with van der Waals surface area (Å²) in [5, 5.41) is 5.49. The molecule has 2 aromatic heterocycles. The maximum atomic E-state index is 12.6. The third-order valence-electron chi connectivity index (χ3n) is 4.83. The van der Waals surface area contributed by atoms with Crippen LogP contribution in [0.2, 0.25) is 0 Å². The zero-order chi connectivity index (χ0) is 20.4. The normalized spacial score (nSPS) is 16.4. The molecule has 4 heterocycles. The maximum absolute atomic E-state index is 12.6. The van der Waals surface area contributed by atoms with Crippen molar-refractivity contribution in [2.24, 2.45) is 0 Å². The standard InChI is InChI=1S/C18H19N5O5S/c24-14-2-6-22(18(27)20-14)7-3-15(25)23-5-1-12-13(9-23)29-17(19-12)21-16(26)11-4-8-28-10-11/h4,8,10H,1-3,5-7,9H2,(H,19,21,26)(H,20,24,27). The number of carbonyl (C=O) groups is 4. The first-order chi connectivity index (χ1) is 14.0. The lowest BCUT2D eigenvalue weighted by molar-refractivity contribution is -0.132. The summed E-state index contributed by atoms with van der Waals surface area (Å²) < 4.78 is 4.91. The third-order valence-corrected chi connectivity index (χ3v) is 5.82. The Kier molecular flexibility index (Phi) is 5.30. The Hall–Kier alpha value is -3.21. The molecule has 1 saturated heterocycles. The van der Waals surface area contributed by atoms with E-state index in [0.29, 0.717) is 36.8 Å². The number of furan rings is 1. The van der Waals surface area contributed by atoms with Crippen molar-refractivity contribution in [2.75, 3.05) is 25.0 Å². The SMILES string of the molecule is O=C1CCN(CCC(=O)N2CCc3nc(NC(=O)c4ccoc4)sc3C2)C(=O)N1. The van der Waals surface area contributed by atoms with Gasteiger partial charge in [0.15, 0.2) is 5.13 Å². The van der Waals surface area contributed by atoms with Crippen molar-refractivity contribution in [1.82, 2.24) is 20.1 Å². The molecule has 2 N–H and O–H groups in total. The average Bonchev–Trinajstić information content (AvgIpc) is 3.36. The van der Waals surface area contributed by atoms with Crippen LogP contribution in [0.3, 0.4) is 0 Å². The number of hydrogen-bond acceptors (Lipinski definition) is 7. The minimum absolute atomic E-state index is 0.0577. The summed E-state index contributed by atoms with van der Waals surface area (Å²) in [6.45, 7) is 1.57. The van der Waals surface area contributed by atoms with Gasteiger partial charge in [0.1, 0.15) is 6.26 Å². The lowest BCUT2D eigenvalue weighted by atomic mass is 10.1. The van der Waals surface area contributed by atoms with E-state index in [9.17, 15) is 19.2 Å². The van der Waals surface area contributed by atoms with Crippen molar-refractivity contribution >= 4 is 40.2 Å². The molecule has 0 atom stereocenters. The molecule has 2 aliphatic rings. The van der Waals surface area contributed by atoms with Crippen LogP contribution >= 0.6 is 11.3 Å². The number of amides is 5. The second kappa shape index (κ2) is 8.03. The van der Waals surface area contributed by atoms with Gasteiger partial charge in [0, 0.05) is 43.8 Å². The van der Waals surface area contributed by atoms with Crippen molar-refractivity contribution in [3.8, 4) is 0 Å². The molecule has 0 spiro atoms. The summed E-state index contributed by atoms with van der Waals surface area (Å²) in [5.41, 5.74) is 1.30. The number of fused-ring (bicyclic) bond motifs is 1. The number of aromatic nitrogens is 1. The first-order valence-corrected chi connectivity index (χ1v) is 10.00. The number of hydrogen-bond donors (Lipinski definition) is 2. The van der Waals surface area contributed by atoms with E-state index >= 15 is 0 Å². The zero-order valence-corrected chi connectivity index (χ0v) is 16.3. The zero-order valence-electron chi connectivity index (χ0n) is 15.5. The highest BCUT2D eigenvalue weighted by Gasteiger charge is 2.27. The Bertz CT molecular complexity index is 954. The molecule has 5 amide bonds. The molecule has 0 radical (unpaired) electrons. The van der Waals surface area contributed by atoms with Crippen molar-refractivity contribution < 1.29 is 23.6 Å². The molecular formula is C18H19N5O5S. The lowest BCUT2D eigenvalue weighted by Gasteiger charge is -2.29. The molecular weight excluding hydrogens is 398 g/mol. The molecule has 152 valence electrons. The van der Waals surface area contributed by atoms with Crippen molar-refractivity contribution in [2.45, 2.75) is 25.8 Å². The molecule has 0 aromatic carbocycles. The number of urea groups is 1. The second-order valence-electron chi connectivity index (χ2n) is 6.76. The lowest BCUT2D eigenvalue weighted by Crippen LogP contribution is -2.50. The number of anilines is 1. The van der Waals surface area contributed by atoms with E-state index in [1.54, 1.807) is 11.0 Å². The van der Waals surface area contributed by atoms with Gasteiger partial charge in [-0.1, -0.05) is 11.3 Å². The fourth-order valence-corrected chi connectivity index (χ4v) is 4.24. The summed E-state index contributed by atoms with van der Waals surface area (Å²) >= 11 is 1.35. The Morgan fingerprint density at radius 2 is 2.14 bits per heavy atom. The van der Waals surface area contributed by atoms with E-state index in [2.05, 4.69) is 15.6 Å². The smallest absolute Gasteiger partial charge is 0.324 e. The molecule has 10 nitrogen and oxygen atoms in total. The van der Waals surface area contributed by atoms with E-state index in [1.165, 1.54) is 28.8 Å². The quantitative estimate of drug-likeness (QED) is 0.753. The van der Waals surface area contributed by atoms with Gasteiger partial charge in [-0.3, -0.25) is 25.0 Å². The monoisotopic (exact) mass is 417 g/mol. The first-order valence-electron chi connectivity index (χ1n) is 9.18. The summed E-state index contributed by atoms with van der Waals surface area (Å²) in [6, 6.07) is 1.12. The summed E-state index contributed by atoms with van der Waals surface area (Å²) in [6.07, 6.45) is 3.84. The molecule has 2 aromatic rings. The first kappa shape index (κ1) is 19.1. The predicted octanol–water partition coefficient (Wildman–Crippen LogP) is 1.21. The molecule has 1 fully saturated rings. The van der Waals surface area contributed by atoms with Crippen LogP contribution in [0.4, 0.5) is 9.93 Å². The van der Waals surface area contributed by atoms with E-state index in [1.807, 2.05) is 0 Å².